The molecule has 0 unspecified atom stereocenters. The zero-order valence-corrected chi connectivity index (χ0v) is 17.2. The van der Waals surface area contributed by atoms with Gasteiger partial charge >= 0.3 is 0 Å². The Balaban J connectivity index is 1.84. The molecule has 0 bridgehead atoms. The Morgan fingerprint density at radius 3 is 2.07 bits per heavy atom. The van der Waals surface area contributed by atoms with Gasteiger partial charge in [-0.1, -0.05) is 64.0 Å². The monoisotopic (exact) mass is 406 g/mol. The van der Waals surface area contributed by atoms with Gasteiger partial charge in [-0.25, -0.2) is 0 Å². The zero-order chi connectivity index (χ0) is 20.4. The predicted molar refractivity (Wildman–Crippen MR) is 111 cm³/mol. The highest BCUT2D eigenvalue weighted by molar-refractivity contribution is 7.86. The van der Waals surface area contributed by atoms with E-state index in [0.717, 1.165) is 18.9 Å². The number of ether oxygens (including phenoxy) is 1. The third-order valence-electron chi connectivity index (χ3n) is 4.68. The molecule has 0 heterocycles. The fourth-order valence-corrected chi connectivity index (χ4v) is 3.73. The number of aromatic hydroxyl groups is 1. The number of phenols is 1. The SMILES string of the molecule is CCCCCCCCCCc1ccc(Oc2ccc(O)cc2S(=O)(=O)O)cc1. The van der Waals surface area contributed by atoms with Crippen LogP contribution in [0.2, 0.25) is 0 Å². The van der Waals surface area contributed by atoms with Crippen molar-refractivity contribution in [2.75, 3.05) is 0 Å². The van der Waals surface area contributed by atoms with E-state index in [9.17, 15) is 18.1 Å². The molecule has 2 N–H and O–H groups in total. The molecule has 154 valence electrons. The second kappa shape index (κ2) is 11.1. The Hall–Kier alpha value is -2.05. The van der Waals surface area contributed by atoms with E-state index in [-0.39, 0.29) is 11.5 Å². The first kappa shape index (κ1) is 22.2. The molecule has 5 nitrogen and oxygen atoms in total. The van der Waals surface area contributed by atoms with Crippen LogP contribution in [0.25, 0.3) is 0 Å². The number of phenolic OH excluding ortho intramolecular Hbond substituents is 1. The summed E-state index contributed by atoms with van der Waals surface area (Å²) in [5, 5.41) is 9.45. The first-order chi connectivity index (χ1) is 13.4. The van der Waals surface area contributed by atoms with Gasteiger partial charge in [0.05, 0.1) is 0 Å². The Labute approximate surface area is 168 Å². The summed E-state index contributed by atoms with van der Waals surface area (Å²) in [6, 6.07) is 11.1. The number of aryl methyl sites for hydroxylation is 1. The Bertz CT molecular complexity index is 829. The number of hydrogen-bond acceptors (Lipinski definition) is 4. The van der Waals surface area contributed by atoms with Gasteiger partial charge < -0.3 is 9.84 Å². The Morgan fingerprint density at radius 2 is 1.46 bits per heavy atom. The van der Waals surface area contributed by atoms with E-state index in [1.807, 2.05) is 12.1 Å². The van der Waals surface area contributed by atoms with E-state index < -0.39 is 15.0 Å². The summed E-state index contributed by atoms with van der Waals surface area (Å²) in [6.45, 7) is 2.23. The maximum absolute atomic E-state index is 11.5. The van der Waals surface area contributed by atoms with Crippen molar-refractivity contribution in [3.8, 4) is 17.2 Å². The van der Waals surface area contributed by atoms with Crippen molar-refractivity contribution in [3.63, 3.8) is 0 Å². The van der Waals surface area contributed by atoms with Crippen molar-refractivity contribution in [3.05, 3.63) is 48.0 Å². The molecule has 0 radical (unpaired) electrons. The van der Waals surface area contributed by atoms with E-state index in [1.54, 1.807) is 12.1 Å². The Kier molecular flexibility index (Phi) is 8.80. The zero-order valence-electron chi connectivity index (χ0n) is 16.4. The van der Waals surface area contributed by atoms with Crippen molar-refractivity contribution in [1.82, 2.24) is 0 Å². The van der Waals surface area contributed by atoms with Crippen LogP contribution in [-0.4, -0.2) is 18.1 Å². The lowest BCUT2D eigenvalue weighted by Crippen LogP contribution is -2.01. The second-order valence-corrected chi connectivity index (χ2v) is 8.47. The van der Waals surface area contributed by atoms with Crippen LogP contribution in [0.4, 0.5) is 0 Å². The molecule has 0 aliphatic rings. The number of rotatable bonds is 12. The average Bonchev–Trinajstić information content (AvgIpc) is 2.66. The van der Waals surface area contributed by atoms with Gasteiger partial charge in [0.1, 0.15) is 22.1 Å². The molecule has 0 aliphatic carbocycles. The van der Waals surface area contributed by atoms with Gasteiger partial charge in [0.15, 0.2) is 0 Å². The molecule has 0 spiro atoms. The van der Waals surface area contributed by atoms with Crippen LogP contribution < -0.4 is 4.74 Å². The molecule has 0 aliphatic heterocycles. The normalized spacial score (nSPS) is 11.5. The van der Waals surface area contributed by atoms with Crippen molar-refractivity contribution in [2.45, 2.75) is 69.6 Å². The first-order valence-electron chi connectivity index (χ1n) is 9.97. The lowest BCUT2D eigenvalue weighted by atomic mass is 10.0. The number of hydrogen-bond donors (Lipinski definition) is 2. The summed E-state index contributed by atoms with van der Waals surface area (Å²) in [5.74, 6) is 0.173. The maximum Gasteiger partial charge on any atom is 0.298 e. The van der Waals surface area contributed by atoms with E-state index in [0.29, 0.717) is 5.75 Å². The molecule has 2 rings (SSSR count). The maximum atomic E-state index is 11.5. The lowest BCUT2D eigenvalue weighted by Gasteiger charge is -2.10. The standard InChI is InChI=1S/C22H30O5S/c1-2-3-4-5-6-7-8-9-10-18-11-14-20(15-12-18)27-21-16-13-19(23)17-22(21)28(24,25)26/h11-17,23H,2-10H2,1H3,(H,24,25,26). The average molecular weight is 407 g/mol. The fraction of sp³-hybridized carbons (Fsp3) is 0.455. The van der Waals surface area contributed by atoms with Crippen LogP contribution in [0.3, 0.4) is 0 Å². The van der Waals surface area contributed by atoms with Crippen LogP contribution in [-0.2, 0) is 16.5 Å². The van der Waals surface area contributed by atoms with Gasteiger partial charge in [0.25, 0.3) is 10.1 Å². The van der Waals surface area contributed by atoms with Gasteiger partial charge in [-0.05, 0) is 42.7 Å². The van der Waals surface area contributed by atoms with Crippen LogP contribution in [0.5, 0.6) is 17.2 Å². The molecule has 0 fully saturated rings. The molecule has 0 aromatic heterocycles. The fourth-order valence-electron chi connectivity index (χ4n) is 3.10. The summed E-state index contributed by atoms with van der Waals surface area (Å²) in [4.78, 5) is -0.462. The van der Waals surface area contributed by atoms with Crippen LogP contribution in [0.15, 0.2) is 47.4 Å². The van der Waals surface area contributed by atoms with Crippen LogP contribution in [0.1, 0.15) is 63.9 Å². The minimum Gasteiger partial charge on any atom is -0.508 e. The first-order valence-corrected chi connectivity index (χ1v) is 11.4. The molecule has 6 heteroatoms. The van der Waals surface area contributed by atoms with E-state index in [4.69, 9.17) is 4.74 Å². The minimum absolute atomic E-state index is 0.0314. The van der Waals surface area contributed by atoms with E-state index in [2.05, 4.69) is 6.92 Å². The van der Waals surface area contributed by atoms with E-state index >= 15 is 0 Å². The summed E-state index contributed by atoms with van der Waals surface area (Å²) >= 11 is 0. The molecular formula is C22H30O5S. The van der Waals surface area contributed by atoms with Crippen molar-refractivity contribution < 1.29 is 22.8 Å². The number of benzene rings is 2. The topological polar surface area (TPSA) is 83.8 Å². The molecule has 28 heavy (non-hydrogen) atoms. The third-order valence-corrected chi connectivity index (χ3v) is 5.55. The van der Waals surface area contributed by atoms with Crippen molar-refractivity contribution in [1.29, 1.82) is 0 Å². The second-order valence-electron chi connectivity index (χ2n) is 7.08. The smallest absolute Gasteiger partial charge is 0.298 e. The van der Waals surface area contributed by atoms with Crippen LogP contribution >= 0.6 is 0 Å². The summed E-state index contributed by atoms with van der Waals surface area (Å²) in [5.41, 5.74) is 1.21. The Morgan fingerprint density at radius 1 is 0.857 bits per heavy atom. The molecule has 0 atom stereocenters. The largest absolute Gasteiger partial charge is 0.508 e. The molecule has 2 aromatic rings. The lowest BCUT2D eigenvalue weighted by molar-refractivity contribution is 0.439. The van der Waals surface area contributed by atoms with Gasteiger partial charge in [-0.15, -0.1) is 0 Å². The van der Waals surface area contributed by atoms with Gasteiger partial charge in [-0.3, -0.25) is 4.55 Å². The highest BCUT2D eigenvalue weighted by atomic mass is 32.2. The van der Waals surface area contributed by atoms with Gasteiger partial charge in [0.2, 0.25) is 0 Å². The van der Waals surface area contributed by atoms with Gasteiger partial charge in [-0.2, -0.15) is 8.42 Å². The summed E-state index contributed by atoms with van der Waals surface area (Å²) in [7, 11) is -4.49. The minimum atomic E-state index is -4.49. The van der Waals surface area contributed by atoms with Gasteiger partial charge in [0, 0.05) is 6.07 Å². The predicted octanol–water partition coefficient (Wildman–Crippen LogP) is 6.11. The highest BCUT2D eigenvalue weighted by Crippen LogP contribution is 2.31. The quantitative estimate of drug-likeness (QED) is 0.328. The van der Waals surface area contributed by atoms with Crippen molar-refractivity contribution in [2.24, 2.45) is 0 Å². The molecule has 2 aromatic carbocycles. The summed E-state index contributed by atoms with van der Waals surface area (Å²) < 4.78 is 37.8. The van der Waals surface area contributed by atoms with E-state index in [1.165, 1.54) is 62.6 Å². The number of unbranched alkanes of at least 4 members (excludes halogenated alkanes) is 7. The third kappa shape index (κ3) is 7.52. The van der Waals surface area contributed by atoms with Crippen LogP contribution in [0, 0.1) is 0 Å². The highest BCUT2D eigenvalue weighted by Gasteiger charge is 2.18. The molecular weight excluding hydrogens is 376 g/mol. The molecule has 0 saturated carbocycles. The van der Waals surface area contributed by atoms with Crippen molar-refractivity contribution >= 4 is 10.1 Å². The molecule has 0 amide bonds. The summed E-state index contributed by atoms with van der Waals surface area (Å²) in [6.07, 6.45) is 11.3. The molecule has 0 saturated heterocycles.